The molecular formula is C20H21ClN2O3. The third-order valence-corrected chi connectivity index (χ3v) is 6.25. The monoisotopic (exact) mass is 372 g/mol. The van der Waals surface area contributed by atoms with Crippen molar-refractivity contribution in [3.05, 3.63) is 40.0 Å². The summed E-state index contributed by atoms with van der Waals surface area (Å²) in [5.74, 6) is -0.423. The van der Waals surface area contributed by atoms with Crippen molar-refractivity contribution in [2.45, 2.75) is 37.9 Å². The Bertz CT molecular complexity index is 882. The number of carbonyl (C=O) groups is 1. The number of rotatable bonds is 1. The van der Waals surface area contributed by atoms with Gasteiger partial charge in [-0.05, 0) is 37.0 Å². The minimum absolute atomic E-state index is 0.0400. The molecule has 0 atom stereocenters. The van der Waals surface area contributed by atoms with Gasteiger partial charge in [-0.2, -0.15) is 0 Å². The standard InChI is InChI=1S/C20H21ClN2O3/c21-18-14-2-1-3-16(14)22-17-12-13(4-5-15(17)18)19(24)23-8-6-20(7-9-23)25-10-11-26-20/h4-5,12H,1-3,6-11H2. The van der Waals surface area contributed by atoms with Crippen molar-refractivity contribution in [1.29, 1.82) is 0 Å². The van der Waals surface area contributed by atoms with E-state index in [4.69, 9.17) is 26.1 Å². The van der Waals surface area contributed by atoms with E-state index in [9.17, 15) is 4.79 Å². The van der Waals surface area contributed by atoms with Crippen LogP contribution < -0.4 is 0 Å². The average molecular weight is 373 g/mol. The third kappa shape index (κ3) is 2.61. The molecule has 2 saturated heterocycles. The largest absolute Gasteiger partial charge is 0.347 e. The van der Waals surface area contributed by atoms with E-state index in [0.717, 1.165) is 53.7 Å². The van der Waals surface area contributed by atoms with Gasteiger partial charge in [-0.15, -0.1) is 0 Å². The molecule has 2 fully saturated rings. The summed E-state index contributed by atoms with van der Waals surface area (Å²) >= 11 is 6.57. The first-order chi connectivity index (χ1) is 12.7. The van der Waals surface area contributed by atoms with Crippen molar-refractivity contribution >= 4 is 28.4 Å². The van der Waals surface area contributed by atoms with Crippen LogP contribution >= 0.6 is 11.6 Å². The van der Waals surface area contributed by atoms with E-state index in [-0.39, 0.29) is 5.91 Å². The lowest BCUT2D eigenvalue weighted by molar-refractivity contribution is -0.181. The van der Waals surface area contributed by atoms with Gasteiger partial charge in [0.05, 0.1) is 23.8 Å². The minimum atomic E-state index is -0.463. The van der Waals surface area contributed by atoms with Crippen LogP contribution in [-0.4, -0.2) is 47.9 Å². The highest BCUT2D eigenvalue weighted by Crippen LogP contribution is 2.35. The quantitative estimate of drug-likeness (QED) is 0.770. The maximum Gasteiger partial charge on any atom is 0.253 e. The number of aryl methyl sites for hydroxylation is 1. The van der Waals surface area contributed by atoms with Gasteiger partial charge in [0.2, 0.25) is 0 Å². The number of nitrogens with zero attached hydrogens (tertiary/aromatic N) is 2. The molecular weight excluding hydrogens is 352 g/mol. The molecule has 1 aromatic heterocycles. The maximum absolute atomic E-state index is 12.9. The zero-order valence-electron chi connectivity index (χ0n) is 14.6. The molecule has 1 aromatic carbocycles. The fraction of sp³-hybridized carbons (Fsp3) is 0.500. The van der Waals surface area contributed by atoms with Crippen LogP contribution in [0.4, 0.5) is 0 Å². The fourth-order valence-electron chi connectivity index (χ4n) is 4.36. The van der Waals surface area contributed by atoms with Crippen molar-refractivity contribution < 1.29 is 14.3 Å². The Hall–Kier alpha value is -1.69. The number of ether oxygens (including phenoxy) is 2. The first-order valence-electron chi connectivity index (χ1n) is 9.33. The van der Waals surface area contributed by atoms with E-state index >= 15 is 0 Å². The molecule has 1 spiro atoms. The number of hydrogen-bond donors (Lipinski definition) is 0. The van der Waals surface area contributed by atoms with Crippen LogP contribution in [0.15, 0.2) is 18.2 Å². The molecule has 5 nitrogen and oxygen atoms in total. The topological polar surface area (TPSA) is 51.7 Å². The number of amides is 1. The number of pyridine rings is 1. The normalized spacial score (nSPS) is 21.5. The Morgan fingerprint density at radius 2 is 1.92 bits per heavy atom. The van der Waals surface area contributed by atoms with Gasteiger partial charge in [0.1, 0.15) is 0 Å². The van der Waals surface area contributed by atoms with Crippen LogP contribution in [0.5, 0.6) is 0 Å². The van der Waals surface area contributed by atoms with E-state index in [1.807, 2.05) is 23.1 Å². The molecule has 0 bridgehead atoms. The molecule has 3 heterocycles. The van der Waals surface area contributed by atoms with E-state index in [1.165, 1.54) is 5.56 Å². The number of fused-ring (bicyclic) bond motifs is 2. The van der Waals surface area contributed by atoms with E-state index in [2.05, 4.69) is 0 Å². The molecule has 2 aromatic rings. The molecule has 6 heteroatoms. The van der Waals surface area contributed by atoms with E-state index in [1.54, 1.807) is 0 Å². The van der Waals surface area contributed by atoms with Crippen molar-refractivity contribution in [2.24, 2.45) is 0 Å². The van der Waals surface area contributed by atoms with Crippen molar-refractivity contribution in [3.63, 3.8) is 0 Å². The molecule has 0 unspecified atom stereocenters. The summed E-state index contributed by atoms with van der Waals surface area (Å²) in [5, 5.41) is 1.74. The van der Waals surface area contributed by atoms with Gasteiger partial charge >= 0.3 is 0 Å². The Morgan fingerprint density at radius 3 is 2.69 bits per heavy atom. The molecule has 1 aliphatic carbocycles. The molecule has 0 radical (unpaired) electrons. The summed E-state index contributed by atoms with van der Waals surface area (Å²) in [4.78, 5) is 19.6. The second kappa shape index (κ2) is 6.19. The molecule has 1 amide bonds. The van der Waals surface area contributed by atoms with Crippen LogP contribution in [0, 0.1) is 0 Å². The molecule has 136 valence electrons. The summed E-state index contributed by atoms with van der Waals surface area (Å²) < 4.78 is 11.5. The SMILES string of the molecule is O=C(c1ccc2c(Cl)c3c(nc2c1)CCC3)N1CCC2(CC1)OCCO2. The molecule has 0 saturated carbocycles. The van der Waals surface area contributed by atoms with Crippen LogP contribution in [0.3, 0.4) is 0 Å². The van der Waals surface area contributed by atoms with Gasteiger partial charge in [-0.25, -0.2) is 0 Å². The van der Waals surface area contributed by atoms with Crippen LogP contribution in [0.25, 0.3) is 10.9 Å². The van der Waals surface area contributed by atoms with Gasteiger partial charge < -0.3 is 14.4 Å². The van der Waals surface area contributed by atoms with Crippen LogP contribution in [0.1, 0.15) is 40.9 Å². The van der Waals surface area contributed by atoms with Crippen LogP contribution in [-0.2, 0) is 22.3 Å². The average Bonchev–Trinajstić information content (AvgIpc) is 3.31. The molecule has 5 rings (SSSR count). The van der Waals surface area contributed by atoms with E-state index < -0.39 is 5.79 Å². The number of likely N-dealkylation sites (tertiary alicyclic amines) is 1. The summed E-state index contributed by atoms with van der Waals surface area (Å²) in [6.45, 7) is 2.59. The van der Waals surface area contributed by atoms with Crippen LogP contribution in [0.2, 0.25) is 5.02 Å². The Labute approximate surface area is 157 Å². The predicted molar refractivity (Wildman–Crippen MR) is 98.6 cm³/mol. The second-order valence-electron chi connectivity index (χ2n) is 7.34. The highest BCUT2D eigenvalue weighted by atomic mass is 35.5. The summed E-state index contributed by atoms with van der Waals surface area (Å²) in [7, 11) is 0. The second-order valence-corrected chi connectivity index (χ2v) is 7.71. The zero-order chi connectivity index (χ0) is 17.7. The lowest BCUT2D eigenvalue weighted by atomic mass is 10.0. The zero-order valence-corrected chi connectivity index (χ0v) is 15.3. The molecule has 0 N–H and O–H groups in total. The lowest BCUT2D eigenvalue weighted by Crippen LogP contribution is -2.47. The van der Waals surface area contributed by atoms with Gasteiger partial charge in [-0.3, -0.25) is 9.78 Å². The van der Waals surface area contributed by atoms with Gasteiger partial charge in [0.15, 0.2) is 5.79 Å². The van der Waals surface area contributed by atoms with E-state index in [0.29, 0.717) is 31.9 Å². The Kier molecular flexibility index (Phi) is 3.92. The highest BCUT2D eigenvalue weighted by Gasteiger charge is 2.40. The van der Waals surface area contributed by atoms with Gasteiger partial charge in [0, 0.05) is 42.6 Å². The number of benzene rings is 1. The smallest absolute Gasteiger partial charge is 0.253 e. The molecule has 26 heavy (non-hydrogen) atoms. The molecule has 3 aliphatic rings. The first kappa shape index (κ1) is 16.5. The summed E-state index contributed by atoms with van der Waals surface area (Å²) in [6.07, 6.45) is 4.52. The van der Waals surface area contributed by atoms with Crippen molar-refractivity contribution in [3.8, 4) is 0 Å². The number of hydrogen-bond acceptors (Lipinski definition) is 4. The molecule has 2 aliphatic heterocycles. The number of aromatic nitrogens is 1. The third-order valence-electron chi connectivity index (χ3n) is 5.82. The highest BCUT2D eigenvalue weighted by molar-refractivity contribution is 6.36. The van der Waals surface area contributed by atoms with Gasteiger partial charge in [0.25, 0.3) is 5.91 Å². The van der Waals surface area contributed by atoms with Crippen molar-refractivity contribution in [2.75, 3.05) is 26.3 Å². The van der Waals surface area contributed by atoms with Gasteiger partial charge in [-0.1, -0.05) is 17.7 Å². The van der Waals surface area contributed by atoms with Crippen molar-refractivity contribution in [1.82, 2.24) is 9.88 Å². The minimum Gasteiger partial charge on any atom is -0.347 e. The Morgan fingerprint density at radius 1 is 1.15 bits per heavy atom. The number of halogens is 1. The fourth-order valence-corrected chi connectivity index (χ4v) is 4.72. The lowest BCUT2D eigenvalue weighted by Gasteiger charge is -2.37. The summed E-state index contributed by atoms with van der Waals surface area (Å²) in [5.41, 5.74) is 3.75. The first-order valence-corrected chi connectivity index (χ1v) is 9.71. The number of carbonyl (C=O) groups excluding carboxylic acids is 1. The summed E-state index contributed by atoms with van der Waals surface area (Å²) in [6, 6.07) is 5.69. The number of piperidine rings is 1. The predicted octanol–water partition coefficient (Wildman–Crippen LogP) is 3.36. The Balaban J connectivity index is 1.40. The maximum atomic E-state index is 12.9.